The highest BCUT2D eigenvalue weighted by Gasteiger charge is 2.26. The van der Waals surface area contributed by atoms with Crippen molar-refractivity contribution in [2.45, 2.75) is 25.3 Å². The van der Waals surface area contributed by atoms with Crippen molar-refractivity contribution in [3.63, 3.8) is 0 Å². The highest BCUT2D eigenvalue weighted by atomic mass is 35.5. The van der Waals surface area contributed by atoms with Crippen LogP contribution >= 0.6 is 11.6 Å². The van der Waals surface area contributed by atoms with Crippen molar-refractivity contribution in [2.75, 3.05) is 39.3 Å². The largest absolute Gasteiger partial charge is 0.498 e. The predicted octanol–water partition coefficient (Wildman–Crippen LogP) is 4.98. The van der Waals surface area contributed by atoms with Crippen LogP contribution in [0.25, 0.3) is 0 Å². The first kappa shape index (κ1) is 22.2. The molecule has 2 aromatic carbocycles. The van der Waals surface area contributed by atoms with Crippen LogP contribution < -0.4 is 10.2 Å². The Morgan fingerprint density at radius 3 is 2.50 bits per heavy atom. The molecule has 0 unspecified atom stereocenters. The molecule has 0 spiro atoms. The van der Waals surface area contributed by atoms with E-state index in [0.29, 0.717) is 30.2 Å². The summed E-state index contributed by atoms with van der Waals surface area (Å²) in [6, 6.07) is 14.9. The molecule has 0 aliphatic carbocycles. The fraction of sp³-hybridized carbons (Fsp3) is 0.375. The SMILES string of the molecule is COCCC1=C([C@@H](NC(=O)c2ccc(N(C)C)cc2)c2ccc(Cl)cc2)CCCO1. The summed E-state index contributed by atoms with van der Waals surface area (Å²) in [7, 11) is 5.63. The second kappa shape index (κ2) is 10.5. The molecule has 0 aromatic heterocycles. The Hall–Kier alpha value is -2.50. The first-order valence-corrected chi connectivity index (χ1v) is 10.5. The van der Waals surface area contributed by atoms with Gasteiger partial charge in [0, 0.05) is 43.9 Å². The first-order valence-electron chi connectivity index (χ1n) is 10.2. The van der Waals surface area contributed by atoms with Crippen LogP contribution in [0.4, 0.5) is 5.69 Å². The maximum atomic E-state index is 13.1. The zero-order chi connectivity index (χ0) is 21.5. The Kier molecular flexibility index (Phi) is 7.77. The van der Waals surface area contributed by atoms with Gasteiger partial charge in [-0.15, -0.1) is 0 Å². The van der Waals surface area contributed by atoms with Crippen molar-refractivity contribution in [3.8, 4) is 0 Å². The quantitative estimate of drug-likeness (QED) is 0.644. The van der Waals surface area contributed by atoms with Gasteiger partial charge in [-0.3, -0.25) is 4.79 Å². The van der Waals surface area contributed by atoms with Crippen molar-refractivity contribution in [3.05, 3.63) is 76.0 Å². The van der Waals surface area contributed by atoms with E-state index in [9.17, 15) is 4.79 Å². The lowest BCUT2D eigenvalue weighted by atomic mass is 9.91. The minimum absolute atomic E-state index is 0.121. The number of anilines is 1. The molecule has 6 heteroatoms. The molecule has 1 atom stereocenters. The number of halogens is 1. The molecule has 1 heterocycles. The number of carbonyl (C=O) groups is 1. The zero-order valence-electron chi connectivity index (χ0n) is 17.8. The van der Waals surface area contributed by atoms with Gasteiger partial charge in [0.25, 0.3) is 5.91 Å². The summed E-state index contributed by atoms with van der Waals surface area (Å²) < 4.78 is 11.2. The number of amides is 1. The second-order valence-corrected chi connectivity index (χ2v) is 7.98. The minimum atomic E-state index is -0.282. The summed E-state index contributed by atoms with van der Waals surface area (Å²) in [5.41, 5.74) is 3.74. The molecule has 2 aromatic rings. The van der Waals surface area contributed by atoms with Crippen LogP contribution in [0.15, 0.2) is 59.9 Å². The molecule has 1 N–H and O–H groups in total. The Labute approximate surface area is 183 Å². The van der Waals surface area contributed by atoms with E-state index in [4.69, 9.17) is 21.1 Å². The van der Waals surface area contributed by atoms with Gasteiger partial charge in [0.15, 0.2) is 0 Å². The summed E-state index contributed by atoms with van der Waals surface area (Å²) in [4.78, 5) is 15.1. The Balaban J connectivity index is 1.92. The van der Waals surface area contributed by atoms with Crippen molar-refractivity contribution >= 4 is 23.2 Å². The summed E-state index contributed by atoms with van der Waals surface area (Å²) in [5, 5.41) is 3.88. The van der Waals surface area contributed by atoms with E-state index in [1.54, 1.807) is 7.11 Å². The maximum Gasteiger partial charge on any atom is 0.252 e. The molecule has 3 rings (SSSR count). The second-order valence-electron chi connectivity index (χ2n) is 7.54. The fourth-order valence-corrected chi connectivity index (χ4v) is 3.70. The number of nitrogens with zero attached hydrogens (tertiary/aromatic N) is 1. The number of rotatable bonds is 8. The van der Waals surface area contributed by atoms with Crippen molar-refractivity contribution in [1.29, 1.82) is 0 Å². The third-order valence-electron chi connectivity index (χ3n) is 5.23. The van der Waals surface area contributed by atoms with Gasteiger partial charge in [0.05, 0.1) is 25.0 Å². The predicted molar refractivity (Wildman–Crippen MR) is 121 cm³/mol. The fourth-order valence-electron chi connectivity index (χ4n) is 3.58. The molecule has 0 fully saturated rings. The standard InChI is InChI=1S/C24H29ClN2O3/c1-27(2)20-12-8-18(9-13-20)24(28)26-23(17-6-10-19(25)11-7-17)21-5-4-15-30-22(21)14-16-29-3/h6-13,23H,4-5,14-16H2,1-3H3,(H,26,28)/t23-/m0/s1. The lowest BCUT2D eigenvalue weighted by molar-refractivity contribution is 0.0935. The Morgan fingerprint density at radius 1 is 1.17 bits per heavy atom. The highest BCUT2D eigenvalue weighted by molar-refractivity contribution is 6.30. The average Bonchev–Trinajstić information content (AvgIpc) is 2.77. The van der Waals surface area contributed by atoms with E-state index < -0.39 is 0 Å². The zero-order valence-corrected chi connectivity index (χ0v) is 18.5. The van der Waals surface area contributed by atoms with Gasteiger partial charge in [-0.25, -0.2) is 0 Å². The van der Waals surface area contributed by atoms with Gasteiger partial charge < -0.3 is 19.7 Å². The van der Waals surface area contributed by atoms with Crippen molar-refractivity contribution in [2.24, 2.45) is 0 Å². The number of hydrogen-bond acceptors (Lipinski definition) is 4. The molecule has 1 amide bonds. The smallest absolute Gasteiger partial charge is 0.252 e. The lowest BCUT2D eigenvalue weighted by Crippen LogP contribution is -2.31. The number of hydrogen-bond donors (Lipinski definition) is 1. The van der Waals surface area contributed by atoms with E-state index in [1.165, 1.54) is 0 Å². The number of carbonyl (C=O) groups excluding carboxylic acids is 1. The number of methoxy groups -OCH3 is 1. The summed E-state index contributed by atoms with van der Waals surface area (Å²) in [6.07, 6.45) is 2.47. The third-order valence-corrected chi connectivity index (χ3v) is 5.48. The van der Waals surface area contributed by atoms with Crippen LogP contribution in [-0.2, 0) is 9.47 Å². The van der Waals surface area contributed by atoms with Crippen molar-refractivity contribution < 1.29 is 14.3 Å². The van der Waals surface area contributed by atoms with Gasteiger partial charge in [-0.1, -0.05) is 23.7 Å². The number of ether oxygens (including phenoxy) is 2. The molecule has 160 valence electrons. The summed E-state index contributed by atoms with van der Waals surface area (Å²) in [6.45, 7) is 1.27. The van der Waals surface area contributed by atoms with E-state index in [2.05, 4.69) is 5.32 Å². The number of nitrogens with one attached hydrogen (secondary N) is 1. The van der Waals surface area contributed by atoms with Crippen molar-refractivity contribution in [1.82, 2.24) is 5.32 Å². The highest BCUT2D eigenvalue weighted by Crippen LogP contribution is 2.33. The third kappa shape index (κ3) is 5.55. The Bertz CT molecular complexity index is 876. The lowest BCUT2D eigenvalue weighted by Gasteiger charge is -2.29. The molecular formula is C24H29ClN2O3. The van der Waals surface area contributed by atoms with Gasteiger partial charge in [0.2, 0.25) is 0 Å². The molecule has 5 nitrogen and oxygen atoms in total. The van der Waals surface area contributed by atoms with E-state index in [-0.39, 0.29) is 11.9 Å². The van der Waals surface area contributed by atoms with Crippen LogP contribution in [0.1, 0.15) is 41.2 Å². The monoisotopic (exact) mass is 428 g/mol. The van der Waals surface area contributed by atoms with Crippen LogP contribution in [0.3, 0.4) is 0 Å². The Morgan fingerprint density at radius 2 is 1.87 bits per heavy atom. The molecular weight excluding hydrogens is 400 g/mol. The topological polar surface area (TPSA) is 50.8 Å². The van der Waals surface area contributed by atoms with E-state index >= 15 is 0 Å². The van der Waals surface area contributed by atoms with Gasteiger partial charge in [-0.05, 0) is 60.4 Å². The normalized spacial score (nSPS) is 14.8. The molecule has 0 saturated heterocycles. The molecule has 0 bridgehead atoms. The molecule has 30 heavy (non-hydrogen) atoms. The molecule has 1 aliphatic heterocycles. The minimum Gasteiger partial charge on any atom is -0.498 e. The molecule has 0 radical (unpaired) electrons. The average molecular weight is 429 g/mol. The van der Waals surface area contributed by atoms with Crippen LogP contribution in [-0.4, -0.2) is 40.3 Å². The number of benzene rings is 2. The van der Waals surface area contributed by atoms with Gasteiger partial charge in [-0.2, -0.15) is 0 Å². The van der Waals surface area contributed by atoms with Gasteiger partial charge in [0.1, 0.15) is 0 Å². The summed E-state index contributed by atoms with van der Waals surface area (Å²) >= 11 is 6.10. The molecule has 0 saturated carbocycles. The van der Waals surface area contributed by atoms with E-state index in [0.717, 1.165) is 35.4 Å². The molecule has 1 aliphatic rings. The van der Waals surface area contributed by atoms with Crippen LogP contribution in [0, 0.1) is 0 Å². The van der Waals surface area contributed by atoms with Gasteiger partial charge >= 0.3 is 0 Å². The first-order chi connectivity index (χ1) is 14.5. The summed E-state index contributed by atoms with van der Waals surface area (Å²) in [5.74, 6) is 0.788. The van der Waals surface area contributed by atoms with E-state index in [1.807, 2.05) is 67.5 Å². The van der Waals surface area contributed by atoms with Crippen LogP contribution in [0.5, 0.6) is 0 Å². The maximum absolute atomic E-state index is 13.1. The van der Waals surface area contributed by atoms with Crippen LogP contribution in [0.2, 0.25) is 5.02 Å².